The number of carboxylic acid groups (broad SMARTS) is 1. The fourth-order valence-corrected chi connectivity index (χ4v) is 3.99. The van der Waals surface area contributed by atoms with Gasteiger partial charge in [-0.15, -0.1) is 11.8 Å². The average Bonchev–Trinajstić information content (AvgIpc) is 3.23. The summed E-state index contributed by atoms with van der Waals surface area (Å²) in [5.74, 6) is -0.409. The van der Waals surface area contributed by atoms with E-state index >= 15 is 0 Å². The molecule has 4 rings (SSSR count). The zero-order valence-electron chi connectivity index (χ0n) is 14.4. The normalized spacial score (nSPS) is 24.6. The molecule has 5 N–H and O–H groups in total. The molecule has 1 fully saturated rings. The molecule has 1 aliphatic heterocycles. The zero-order chi connectivity index (χ0) is 19.8. The summed E-state index contributed by atoms with van der Waals surface area (Å²) in [4.78, 5) is 23.9. The molecule has 0 saturated carbocycles. The lowest BCUT2D eigenvalue weighted by molar-refractivity contribution is -0.0289. The number of nitrogens with two attached hydrogens (primary N) is 1. The van der Waals surface area contributed by atoms with Crippen LogP contribution in [0.4, 0.5) is 5.82 Å². The van der Waals surface area contributed by atoms with Crippen LogP contribution in [0.15, 0.2) is 41.8 Å². The first-order valence-electron chi connectivity index (χ1n) is 8.36. The monoisotopic (exact) mass is 403 g/mol. The number of nitrogen functional groups attached to an aromatic ring is 1. The quantitative estimate of drug-likeness (QED) is 0.443. The van der Waals surface area contributed by atoms with E-state index in [1.54, 1.807) is 12.1 Å². The highest BCUT2D eigenvalue weighted by Gasteiger charge is 2.44. The summed E-state index contributed by atoms with van der Waals surface area (Å²) in [6, 6.07) is 6.39. The van der Waals surface area contributed by atoms with Gasteiger partial charge in [-0.1, -0.05) is 0 Å². The number of hydrogen-bond acceptors (Lipinski definition) is 9. The topological polar surface area (TPSA) is 157 Å². The lowest BCUT2D eigenvalue weighted by Crippen LogP contribution is -2.32. The maximum absolute atomic E-state index is 10.9. The Morgan fingerprint density at radius 2 is 1.93 bits per heavy atom. The SMILES string of the molecule is Nc1ncnc2c1ncn2[C@@H]1O[C@H](CSc2ccc(C(=O)O)cc2)[C@@H](O)[C@H]1O. The molecule has 1 aromatic carbocycles. The van der Waals surface area contributed by atoms with E-state index in [1.807, 2.05) is 0 Å². The Balaban J connectivity index is 1.48. The van der Waals surface area contributed by atoms with Gasteiger partial charge < -0.3 is 25.8 Å². The third-order valence-electron chi connectivity index (χ3n) is 4.51. The van der Waals surface area contributed by atoms with Crippen molar-refractivity contribution >= 4 is 34.7 Å². The Morgan fingerprint density at radius 1 is 1.18 bits per heavy atom. The van der Waals surface area contributed by atoms with Crippen LogP contribution in [0, 0.1) is 0 Å². The van der Waals surface area contributed by atoms with E-state index in [0.717, 1.165) is 4.90 Å². The number of nitrogens with zero attached hydrogens (tertiary/aromatic N) is 4. The maximum Gasteiger partial charge on any atom is 0.335 e. The molecule has 0 radical (unpaired) electrons. The number of aliphatic hydroxyl groups excluding tert-OH is 2. The molecule has 1 saturated heterocycles. The van der Waals surface area contributed by atoms with Gasteiger partial charge in [-0.25, -0.2) is 19.7 Å². The van der Waals surface area contributed by atoms with Crippen LogP contribution in [-0.2, 0) is 4.74 Å². The van der Waals surface area contributed by atoms with Gasteiger partial charge in [-0.3, -0.25) is 4.57 Å². The first-order valence-corrected chi connectivity index (χ1v) is 9.35. The molecule has 0 bridgehead atoms. The molecule has 3 heterocycles. The molecule has 0 spiro atoms. The van der Waals surface area contributed by atoms with Crippen LogP contribution in [0.2, 0.25) is 0 Å². The Kier molecular flexibility index (Phi) is 4.89. The lowest BCUT2D eigenvalue weighted by Gasteiger charge is -2.16. The van der Waals surface area contributed by atoms with Crippen LogP contribution in [0.3, 0.4) is 0 Å². The molecular formula is C17H17N5O5S. The molecule has 10 nitrogen and oxygen atoms in total. The van der Waals surface area contributed by atoms with E-state index in [2.05, 4.69) is 15.0 Å². The van der Waals surface area contributed by atoms with Crippen LogP contribution in [0.1, 0.15) is 16.6 Å². The van der Waals surface area contributed by atoms with Gasteiger partial charge in [0.15, 0.2) is 17.7 Å². The van der Waals surface area contributed by atoms with Crippen molar-refractivity contribution in [1.82, 2.24) is 19.5 Å². The number of imidazole rings is 1. The largest absolute Gasteiger partial charge is 0.478 e. The highest BCUT2D eigenvalue weighted by Crippen LogP contribution is 2.34. The Morgan fingerprint density at radius 3 is 2.64 bits per heavy atom. The van der Waals surface area contributed by atoms with Gasteiger partial charge in [0.2, 0.25) is 0 Å². The molecule has 4 atom stereocenters. The second-order valence-corrected chi connectivity index (χ2v) is 7.36. The summed E-state index contributed by atoms with van der Waals surface area (Å²) in [6.07, 6.45) is -1.05. The van der Waals surface area contributed by atoms with Gasteiger partial charge in [0.25, 0.3) is 0 Å². The lowest BCUT2D eigenvalue weighted by atomic mass is 10.1. The van der Waals surface area contributed by atoms with E-state index in [1.165, 1.54) is 41.1 Å². The van der Waals surface area contributed by atoms with Crippen LogP contribution in [-0.4, -0.2) is 64.9 Å². The maximum atomic E-state index is 10.9. The average molecular weight is 403 g/mol. The van der Waals surface area contributed by atoms with Gasteiger partial charge in [-0.05, 0) is 24.3 Å². The number of thioether (sulfide) groups is 1. The summed E-state index contributed by atoms with van der Waals surface area (Å²) < 4.78 is 7.39. The van der Waals surface area contributed by atoms with Crippen molar-refractivity contribution in [1.29, 1.82) is 0 Å². The van der Waals surface area contributed by atoms with Crippen molar-refractivity contribution in [3.8, 4) is 0 Å². The predicted octanol–water partition coefficient (Wildman–Crippen LogP) is 0.518. The molecule has 0 unspecified atom stereocenters. The number of rotatable bonds is 5. The first-order chi connectivity index (χ1) is 13.5. The fraction of sp³-hybridized carbons (Fsp3) is 0.294. The number of carboxylic acids is 1. The van der Waals surface area contributed by atoms with Gasteiger partial charge in [0.05, 0.1) is 18.0 Å². The number of aliphatic hydroxyl groups is 2. The molecule has 0 amide bonds. The number of benzene rings is 1. The van der Waals surface area contributed by atoms with Gasteiger partial charge >= 0.3 is 5.97 Å². The Bertz CT molecular complexity index is 1010. The number of ether oxygens (including phenoxy) is 1. The van der Waals surface area contributed by atoms with E-state index in [4.69, 9.17) is 15.6 Å². The van der Waals surface area contributed by atoms with Gasteiger partial charge in [0.1, 0.15) is 24.1 Å². The number of carbonyl (C=O) groups is 1. The predicted molar refractivity (Wildman–Crippen MR) is 99.8 cm³/mol. The first kappa shape index (κ1) is 18.6. The summed E-state index contributed by atoms with van der Waals surface area (Å²) in [5.41, 5.74) is 6.78. The third-order valence-corrected chi connectivity index (χ3v) is 5.61. The molecule has 2 aromatic heterocycles. The van der Waals surface area contributed by atoms with Crippen LogP contribution >= 0.6 is 11.8 Å². The molecule has 11 heteroatoms. The van der Waals surface area contributed by atoms with Crippen molar-refractivity contribution < 1.29 is 24.9 Å². The zero-order valence-corrected chi connectivity index (χ0v) is 15.2. The van der Waals surface area contributed by atoms with Gasteiger partial charge in [0, 0.05) is 10.6 Å². The summed E-state index contributed by atoms with van der Waals surface area (Å²) >= 11 is 1.39. The number of aromatic nitrogens is 4. The minimum Gasteiger partial charge on any atom is -0.478 e. The molecule has 3 aromatic rings. The molecule has 0 aliphatic carbocycles. The number of aromatic carboxylic acids is 1. The highest BCUT2D eigenvalue weighted by molar-refractivity contribution is 7.99. The fourth-order valence-electron chi connectivity index (χ4n) is 3.03. The standard InChI is InChI=1S/C17H17N5O5S/c18-14-11-15(20-6-19-14)22(7-21-11)16-13(24)12(23)10(27-16)5-28-9-3-1-8(2-4-9)17(25)26/h1-4,6-7,10,12-13,16,23-24H,5H2,(H,25,26)(H2,18,19,20)/t10-,12-,13-,16-/m1/s1. The highest BCUT2D eigenvalue weighted by atomic mass is 32.2. The van der Waals surface area contributed by atoms with Crippen LogP contribution < -0.4 is 5.73 Å². The number of fused-ring (bicyclic) bond motifs is 1. The van der Waals surface area contributed by atoms with Crippen molar-refractivity contribution in [2.75, 3.05) is 11.5 Å². The number of hydrogen-bond donors (Lipinski definition) is 4. The van der Waals surface area contributed by atoms with Crippen molar-refractivity contribution in [2.45, 2.75) is 29.4 Å². The third kappa shape index (κ3) is 3.29. The van der Waals surface area contributed by atoms with E-state index < -0.39 is 30.5 Å². The second-order valence-electron chi connectivity index (χ2n) is 6.27. The minimum absolute atomic E-state index is 0.199. The van der Waals surface area contributed by atoms with Gasteiger partial charge in [-0.2, -0.15) is 0 Å². The second kappa shape index (κ2) is 7.36. The van der Waals surface area contributed by atoms with E-state index in [9.17, 15) is 15.0 Å². The summed E-state index contributed by atoms with van der Waals surface area (Å²) in [5, 5.41) is 29.8. The molecule has 1 aliphatic rings. The van der Waals surface area contributed by atoms with Crippen LogP contribution in [0.5, 0.6) is 0 Å². The molecule has 28 heavy (non-hydrogen) atoms. The minimum atomic E-state index is -1.17. The Hall–Kier alpha value is -2.73. The summed E-state index contributed by atoms with van der Waals surface area (Å²) in [7, 11) is 0. The van der Waals surface area contributed by atoms with Crippen molar-refractivity contribution in [2.24, 2.45) is 0 Å². The Labute approximate surface area is 163 Å². The molecular weight excluding hydrogens is 386 g/mol. The van der Waals surface area contributed by atoms with Crippen molar-refractivity contribution in [3.63, 3.8) is 0 Å². The van der Waals surface area contributed by atoms with Crippen molar-refractivity contribution in [3.05, 3.63) is 42.5 Å². The smallest absolute Gasteiger partial charge is 0.335 e. The van der Waals surface area contributed by atoms with E-state index in [-0.39, 0.29) is 11.4 Å². The number of anilines is 1. The van der Waals surface area contributed by atoms with E-state index in [0.29, 0.717) is 16.9 Å². The molecule has 146 valence electrons. The summed E-state index contributed by atoms with van der Waals surface area (Å²) in [6.45, 7) is 0. The van der Waals surface area contributed by atoms with Crippen LogP contribution in [0.25, 0.3) is 11.2 Å².